The number of nitrogen functional groups attached to an aromatic ring is 1. The minimum absolute atomic E-state index is 0.0479. The third kappa shape index (κ3) is 3.11. The van der Waals surface area contributed by atoms with Crippen LogP contribution in [-0.4, -0.2) is 5.91 Å². The SMILES string of the molecule is Cc1c(N)cc(Br)cc1C(=O)Nc1ccc(F)c(Cl)c1. The van der Waals surface area contributed by atoms with Gasteiger partial charge in [-0.1, -0.05) is 27.5 Å². The van der Waals surface area contributed by atoms with Crippen LogP contribution in [0.1, 0.15) is 15.9 Å². The molecule has 104 valence electrons. The van der Waals surface area contributed by atoms with Gasteiger partial charge in [0.15, 0.2) is 0 Å². The molecule has 0 bridgehead atoms. The minimum atomic E-state index is -0.535. The van der Waals surface area contributed by atoms with E-state index in [2.05, 4.69) is 21.2 Å². The molecule has 3 N–H and O–H groups in total. The molecule has 6 heteroatoms. The van der Waals surface area contributed by atoms with Gasteiger partial charge in [-0.05, 0) is 42.8 Å². The van der Waals surface area contributed by atoms with Crippen molar-refractivity contribution in [1.29, 1.82) is 0 Å². The smallest absolute Gasteiger partial charge is 0.256 e. The molecule has 20 heavy (non-hydrogen) atoms. The number of hydrogen-bond donors (Lipinski definition) is 2. The Hall–Kier alpha value is -1.59. The lowest BCUT2D eigenvalue weighted by molar-refractivity contribution is 0.102. The first-order valence-electron chi connectivity index (χ1n) is 5.70. The highest BCUT2D eigenvalue weighted by molar-refractivity contribution is 9.10. The van der Waals surface area contributed by atoms with Crippen LogP contribution in [0, 0.1) is 12.7 Å². The van der Waals surface area contributed by atoms with E-state index in [0.29, 0.717) is 27.0 Å². The number of nitrogens with one attached hydrogen (secondary N) is 1. The third-order valence-corrected chi connectivity index (χ3v) is 3.58. The predicted molar refractivity (Wildman–Crippen MR) is 82.7 cm³/mol. The quantitative estimate of drug-likeness (QED) is 0.783. The van der Waals surface area contributed by atoms with Gasteiger partial charge in [0.1, 0.15) is 5.82 Å². The van der Waals surface area contributed by atoms with Gasteiger partial charge in [-0.15, -0.1) is 0 Å². The van der Waals surface area contributed by atoms with Crippen LogP contribution in [0.4, 0.5) is 15.8 Å². The lowest BCUT2D eigenvalue weighted by Crippen LogP contribution is -2.14. The lowest BCUT2D eigenvalue weighted by atomic mass is 10.1. The van der Waals surface area contributed by atoms with Crippen LogP contribution in [0.3, 0.4) is 0 Å². The van der Waals surface area contributed by atoms with Gasteiger partial charge in [-0.2, -0.15) is 0 Å². The Kier molecular flexibility index (Phi) is 4.30. The Morgan fingerprint density at radius 3 is 2.70 bits per heavy atom. The second-order valence-corrected chi connectivity index (χ2v) is 5.57. The standard InChI is InChI=1S/C14H11BrClFN2O/c1-7-10(4-8(15)5-13(7)18)14(20)19-9-2-3-12(17)11(16)6-9/h2-6H,18H2,1H3,(H,19,20). The number of carbonyl (C=O) groups is 1. The number of rotatable bonds is 2. The molecule has 0 aliphatic carbocycles. The van der Waals surface area contributed by atoms with Gasteiger partial charge in [-0.3, -0.25) is 4.79 Å². The van der Waals surface area contributed by atoms with Crippen molar-refractivity contribution in [2.45, 2.75) is 6.92 Å². The van der Waals surface area contributed by atoms with Crippen LogP contribution >= 0.6 is 27.5 Å². The molecule has 0 aliphatic rings. The fourth-order valence-electron chi connectivity index (χ4n) is 1.71. The third-order valence-electron chi connectivity index (χ3n) is 2.83. The van der Waals surface area contributed by atoms with Crippen molar-refractivity contribution in [2.75, 3.05) is 11.1 Å². The molecule has 0 unspecified atom stereocenters. The number of anilines is 2. The molecule has 0 saturated heterocycles. The highest BCUT2D eigenvalue weighted by atomic mass is 79.9. The summed E-state index contributed by atoms with van der Waals surface area (Å²) in [5, 5.41) is 2.61. The van der Waals surface area contributed by atoms with Gasteiger partial charge in [0.2, 0.25) is 0 Å². The largest absolute Gasteiger partial charge is 0.398 e. The van der Waals surface area contributed by atoms with Crippen LogP contribution in [0.15, 0.2) is 34.8 Å². The molecule has 0 aliphatic heterocycles. The first-order chi connectivity index (χ1) is 9.38. The van der Waals surface area contributed by atoms with Gasteiger partial charge in [0.05, 0.1) is 5.02 Å². The Bertz CT molecular complexity index is 691. The molecule has 0 radical (unpaired) electrons. The first kappa shape index (κ1) is 14.8. The summed E-state index contributed by atoms with van der Waals surface area (Å²) in [7, 11) is 0. The molecule has 0 spiro atoms. The van der Waals surface area contributed by atoms with Crippen molar-refractivity contribution >= 4 is 44.8 Å². The molecule has 1 amide bonds. The van der Waals surface area contributed by atoms with Crippen molar-refractivity contribution in [1.82, 2.24) is 0 Å². The summed E-state index contributed by atoms with van der Waals surface area (Å²) in [6.07, 6.45) is 0. The van der Waals surface area contributed by atoms with E-state index >= 15 is 0 Å². The molecule has 0 heterocycles. The van der Waals surface area contributed by atoms with E-state index in [1.807, 2.05) is 0 Å². The molecule has 3 nitrogen and oxygen atoms in total. The van der Waals surface area contributed by atoms with Gasteiger partial charge in [-0.25, -0.2) is 4.39 Å². The molecule has 0 atom stereocenters. The van der Waals surface area contributed by atoms with Crippen molar-refractivity contribution in [2.24, 2.45) is 0 Å². The van der Waals surface area contributed by atoms with Gasteiger partial charge >= 0.3 is 0 Å². The first-order valence-corrected chi connectivity index (χ1v) is 6.87. The Balaban J connectivity index is 2.30. The maximum absolute atomic E-state index is 13.1. The summed E-state index contributed by atoms with van der Waals surface area (Å²) in [5.74, 6) is -0.870. The van der Waals surface area contributed by atoms with E-state index in [1.54, 1.807) is 19.1 Å². The maximum atomic E-state index is 13.1. The molecule has 0 saturated carbocycles. The normalized spacial score (nSPS) is 10.4. The zero-order valence-electron chi connectivity index (χ0n) is 10.5. The zero-order chi connectivity index (χ0) is 14.9. The summed E-state index contributed by atoms with van der Waals surface area (Å²) in [6, 6.07) is 7.38. The summed E-state index contributed by atoms with van der Waals surface area (Å²) in [6.45, 7) is 1.76. The van der Waals surface area contributed by atoms with Crippen molar-refractivity contribution in [3.05, 3.63) is 56.8 Å². The van der Waals surface area contributed by atoms with Crippen LogP contribution < -0.4 is 11.1 Å². The molecule has 2 aromatic carbocycles. The topological polar surface area (TPSA) is 55.1 Å². The Morgan fingerprint density at radius 2 is 2.05 bits per heavy atom. The van der Waals surface area contributed by atoms with E-state index < -0.39 is 5.82 Å². The average Bonchev–Trinajstić information content (AvgIpc) is 2.38. The van der Waals surface area contributed by atoms with E-state index in [4.69, 9.17) is 17.3 Å². The fraction of sp³-hybridized carbons (Fsp3) is 0.0714. The maximum Gasteiger partial charge on any atom is 0.256 e. The minimum Gasteiger partial charge on any atom is -0.398 e. The van der Waals surface area contributed by atoms with Crippen LogP contribution in [-0.2, 0) is 0 Å². The number of benzene rings is 2. The number of amides is 1. The van der Waals surface area contributed by atoms with E-state index in [1.165, 1.54) is 18.2 Å². The number of carbonyl (C=O) groups excluding carboxylic acids is 1. The second kappa shape index (κ2) is 5.81. The monoisotopic (exact) mass is 356 g/mol. The Morgan fingerprint density at radius 1 is 1.35 bits per heavy atom. The predicted octanol–water partition coefficient (Wildman–Crippen LogP) is 4.38. The van der Waals surface area contributed by atoms with Gasteiger partial charge < -0.3 is 11.1 Å². The van der Waals surface area contributed by atoms with Crippen LogP contribution in [0.2, 0.25) is 5.02 Å². The zero-order valence-corrected chi connectivity index (χ0v) is 12.8. The molecule has 0 aromatic heterocycles. The second-order valence-electron chi connectivity index (χ2n) is 4.25. The average molecular weight is 358 g/mol. The van der Waals surface area contributed by atoms with Crippen molar-refractivity contribution < 1.29 is 9.18 Å². The molecular formula is C14H11BrClFN2O. The summed E-state index contributed by atoms with van der Waals surface area (Å²) >= 11 is 8.96. The molecule has 2 rings (SSSR count). The molecule has 0 fully saturated rings. The lowest BCUT2D eigenvalue weighted by Gasteiger charge is -2.10. The highest BCUT2D eigenvalue weighted by Gasteiger charge is 2.13. The summed E-state index contributed by atoms with van der Waals surface area (Å²) < 4.78 is 13.8. The fourth-order valence-corrected chi connectivity index (χ4v) is 2.36. The van der Waals surface area contributed by atoms with Gasteiger partial charge in [0.25, 0.3) is 5.91 Å². The Labute approximate surface area is 129 Å². The van der Waals surface area contributed by atoms with E-state index in [-0.39, 0.29) is 10.9 Å². The van der Waals surface area contributed by atoms with Crippen LogP contribution in [0.5, 0.6) is 0 Å². The highest BCUT2D eigenvalue weighted by Crippen LogP contribution is 2.24. The van der Waals surface area contributed by atoms with Crippen molar-refractivity contribution in [3.63, 3.8) is 0 Å². The summed E-state index contributed by atoms with van der Waals surface area (Å²) in [4.78, 5) is 12.2. The summed E-state index contributed by atoms with van der Waals surface area (Å²) in [5.41, 5.74) is 7.87. The van der Waals surface area contributed by atoms with E-state index in [9.17, 15) is 9.18 Å². The number of nitrogens with two attached hydrogens (primary N) is 1. The number of hydrogen-bond acceptors (Lipinski definition) is 2. The molecular weight excluding hydrogens is 347 g/mol. The van der Waals surface area contributed by atoms with Crippen molar-refractivity contribution in [3.8, 4) is 0 Å². The van der Waals surface area contributed by atoms with Crippen LogP contribution in [0.25, 0.3) is 0 Å². The van der Waals surface area contributed by atoms with Gasteiger partial charge in [0, 0.05) is 21.4 Å². The number of halogens is 3. The molecule has 2 aromatic rings. The van der Waals surface area contributed by atoms with E-state index in [0.717, 1.165) is 0 Å².